The van der Waals surface area contributed by atoms with Crippen LogP contribution >= 0.6 is 15.9 Å². The molecule has 0 saturated heterocycles. The molecule has 2 N–H and O–H groups in total. The molecule has 152 valence electrons. The van der Waals surface area contributed by atoms with E-state index in [-0.39, 0.29) is 29.2 Å². The van der Waals surface area contributed by atoms with Crippen molar-refractivity contribution in [2.45, 2.75) is 13.5 Å². The van der Waals surface area contributed by atoms with Crippen LogP contribution < -0.4 is 19.5 Å². The molecule has 0 aromatic heterocycles. The van der Waals surface area contributed by atoms with Gasteiger partial charge in [0.2, 0.25) is 0 Å². The molecule has 2 rings (SSSR count). The highest BCUT2D eigenvalue weighted by molar-refractivity contribution is 9.10. The molecule has 0 radical (unpaired) electrons. The van der Waals surface area contributed by atoms with E-state index in [1.54, 1.807) is 44.4 Å². The average molecular weight is 461 g/mol. The maximum atomic E-state index is 12.5. The Morgan fingerprint density at radius 3 is 2.62 bits per heavy atom. The number of phenolic OH excluding ortho intramolecular Hbond substituents is 1. The van der Waals surface area contributed by atoms with E-state index in [2.05, 4.69) is 21.2 Å². The highest BCUT2D eigenvalue weighted by Gasteiger charge is 2.14. The predicted octanol–water partition coefficient (Wildman–Crippen LogP) is 3.79. The van der Waals surface area contributed by atoms with Gasteiger partial charge in [-0.1, -0.05) is 15.9 Å². The minimum atomic E-state index is -0.581. The zero-order valence-corrected chi connectivity index (χ0v) is 17.9. The van der Waals surface area contributed by atoms with Crippen LogP contribution in [0, 0.1) is 11.3 Å². The number of nitrogens with zero attached hydrogens (tertiary/aromatic N) is 1. The lowest BCUT2D eigenvalue weighted by Crippen LogP contribution is -2.24. The van der Waals surface area contributed by atoms with E-state index in [9.17, 15) is 15.2 Å². The Balaban J connectivity index is 2.23. The van der Waals surface area contributed by atoms with Crippen LogP contribution in [0.2, 0.25) is 0 Å². The van der Waals surface area contributed by atoms with Crippen LogP contribution in [0.1, 0.15) is 18.1 Å². The molecule has 0 heterocycles. The largest absolute Gasteiger partial charge is 0.504 e. The summed E-state index contributed by atoms with van der Waals surface area (Å²) in [6.07, 6.45) is 1.31. The van der Waals surface area contributed by atoms with Crippen LogP contribution in [-0.4, -0.2) is 31.8 Å². The molecule has 1 amide bonds. The van der Waals surface area contributed by atoms with E-state index in [0.29, 0.717) is 22.6 Å². The number of halogens is 1. The first-order chi connectivity index (χ1) is 13.9. The van der Waals surface area contributed by atoms with E-state index < -0.39 is 5.91 Å². The third-order valence-electron chi connectivity index (χ3n) is 3.97. The van der Waals surface area contributed by atoms with Gasteiger partial charge in [-0.2, -0.15) is 5.26 Å². The number of rotatable bonds is 8. The number of carbonyl (C=O) groups is 1. The van der Waals surface area contributed by atoms with Gasteiger partial charge in [-0.15, -0.1) is 0 Å². The lowest BCUT2D eigenvalue weighted by Gasteiger charge is -2.12. The fourth-order valence-corrected chi connectivity index (χ4v) is 3.00. The minimum Gasteiger partial charge on any atom is -0.504 e. The second kappa shape index (κ2) is 10.4. The Kier molecular flexibility index (Phi) is 7.92. The van der Waals surface area contributed by atoms with Crippen molar-refractivity contribution >= 4 is 27.9 Å². The number of phenols is 1. The van der Waals surface area contributed by atoms with Crippen LogP contribution in [0.4, 0.5) is 0 Å². The van der Waals surface area contributed by atoms with Crippen molar-refractivity contribution in [1.29, 1.82) is 5.26 Å². The molecule has 2 aromatic rings. The number of aromatic hydroxyl groups is 1. The second-order valence-electron chi connectivity index (χ2n) is 5.81. The van der Waals surface area contributed by atoms with Crippen molar-refractivity contribution in [3.63, 3.8) is 0 Å². The predicted molar refractivity (Wildman–Crippen MR) is 112 cm³/mol. The van der Waals surface area contributed by atoms with Crippen LogP contribution in [-0.2, 0) is 11.3 Å². The number of nitrogens with one attached hydrogen (secondary N) is 1. The van der Waals surface area contributed by atoms with Crippen LogP contribution in [0.15, 0.2) is 40.4 Å². The second-order valence-corrected chi connectivity index (χ2v) is 6.72. The summed E-state index contributed by atoms with van der Waals surface area (Å²) in [5.74, 6) is 0.715. The summed E-state index contributed by atoms with van der Waals surface area (Å²) < 4.78 is 16.5. The van der Waals surface area contributed by atoms with Gasteiger partial charge in [-0.3, -0.25) is 4.79 Å². The SMILES string of the molecule is CCOc1cc(Br)cc(/C=C(\C#N)C(=O)NCc2ccc(OC)cc2OC)c1O. The normalized spacial score (nSPS) is 10.8. The van der Waals surface area contributed by atoms with Crippen LogP contribution in [0.5, 0.6) is 23.0 Å². The molecular formula is C21H21BrN2O5. The van der Waals surface area contributed by atoms with E-state index in [1.165, 1.54) is 13.2 Å². The molecule has 0 fully saturated rings. The zero-order valence-electron chi connectivity index (χ0n) is 16.3. The van der Waals surface area contributed by atoms with Gasteiger partial charge in [-0.05, 0) is 37.3 Å². The molecule has 0 saturated carbocycles. The topological polar surface area (TPSA) is 101 Å². The fourth-order valence-electron chi connectivity index (χ4n) is 2.54. The third-order valence-corrected chi connectivity index (χ3v) is 4.43. The molecule has 0 aliphatic carbocycles. The summed E-state index contributed by atoms with van der Waals surface area (Å²) in [7, 11) is 3.07. The molecule has 0 aliphatic heterocycles. The highest BCUT2D eigenvalue weighted by Crippen LogP contribution is 2.35. The van der Waals surface area contributed by atoms with Gasteiger partial charge in [0, 0.05) is 28.2 Å². The number of amides is 1. The van der Waals surface area contributed by atoms with Crippen molar-refractivity contribution in [2.75, 3.05) is 20.8 Å². The molecule has 2 aromatic carbocycles. The Morgan fingerprint density at radius 2 is 2.00 bits per heavy atom. The average Bonchev–Trinajstić information content (AvgIpc) is 2.73. The number of nitriles is 1. The maximum absolute atomic E-state index is 12.5. The number of ether oxygens (including phenoxy) is 3. The molecule has 29 heavy (non-hydrogen) atoms. The van der Waals surface area contributed by atoms with Crippen molar-refractivity contribution in [1.82, 2.24) is 5.32 Å². The van der Waals surface area contributed by atoms with E-state index in [0.717, 1.165) is 5.56 Å². The molecule has 7 nitrogen and oxygen atoms in total. The number of hydrogen-bond donors (Lipinski definition) is 2. The molecule has 0 atom stereocenters. The standard InChI is InChI=1S/C21H21BrN2O5/c1-4-29-19-9-16(22)8-14(20(19)25)7-15(11-23)21(26)24-12-13-5-6-17(27-2)10-18(13)28-3/h5-10,25H,4,12H2,1-3H3,(H,24,26)/b15-7+. The first-order valence-corrected chi connectivity index (χ1v) is 9.49. The van der Waals surface area contributed by atoms with Gasteiger partial charge >= 0.3 is 0 Å². The summed E-state index contributed by atoms with van der Waals surface area (Å²) in [6, 6.07) is 10.3. The van der Waals surface area contributed by atoms with Gasteiger partial charge in [0.1, 0.15) is 23.1 Å². The lowest BCUT2D eigenvalue weighted by molar-refractivity contribution is -0.117. The van der Waals surface area contributed by atoms with Gasteiger partial charge in [0.15, 0.2) is 11.5 Å². The number of methoxy groups -OCH3 is 2. The van der Waals surface area contributed by atoms with Gasteiger partial charge in [0.05, 0.1) is 20.8 Å². The summed E-state index contributed by atoms with van der Waals surface area (Å²) in [4.78, 5) is 12.5. The summed E-state index contributed by atoms with van der Waals surface area (Å²) in [5, 5.41) is 22.4. The maximum Gasteiger partial charge on any atom is 0.262 e. The number of benzene rings is 2. The first kappa shape index (κ1) is 22.1. The smallest absolute Gasteiger partial charge is 0.262 e. The zero-order chi connectivity index (χ0) is 21.4. The Hall–Kier alpha value is -3.18. The quantitative estimate of drug-likeness (QED) is 0.458. The monoisotopic (exact) mass is 460 g/mol. The van der Waals surface area contributed by atoms with E-state index in [4.69, 9.17) is 14.2 Å². The summed E-state index contributed by atoms with van der Waals surface area (Å²) in [6.45, 7) is 2.31. The van der Waals surface area contributed by atoms with Crippen LogP contribution in [0.3, 0.4) is 0 Å². The van der Waals surface area contributed by atoms with Crippen molar-refractivity contribution in [3.8, 4) is 29.1 Å². The third kappa shape index (κ3) is 5.65. The highest BCUT2D eigenvalue weighted by atomic mass is 79.9. The molecule has 0 aliphatic rings. The number of hydrogen-bond acceptors (Lipinski definition) is 6. The first-order valence-electron chi connectivity index (χ1n) is 8.69. The summed E-state index contributed by atoms with van der Waals surface area (Å²) in [5.41, 5.74) is 0.854. The molecule has 0 spiro atoms. The fraction of sp³-hybridized carbons (Fsp3) is 0.238. The lowest BCUT2D eigenvalue weighted by atomic mass is 10.1. The van der Waals surface area contributed by atoms with E-state index in [1.807, 2.05) is 6.07 Å². The van der Waals surface area contributed by atoms with Crippen LogP contribution in [0.25, 0.3) is 6.08 Å². The molecule has 0 unspecified atom stereocenters. The van der Waals surface area contributed by atoms with Gasteiger partial charge < -0.3 is 24.6 Å². The Bertz CT molecular complexity index is 966. The van der Waals surface area contributed by atoms with Gasteiger partial charge in [-0.25, -0.2) is 0 Å². The van der Waals surface area contributed by atoms with E-state index >= 15 is 0 Å². The molecule has 0 bridgehead atoms. The van der Waals surface area contributed by atoms with Crippen molar-refractivity contribution < 1.29 is 24.1 Å². The van der Waals surface area contributed by atoms with Gasteiger partial charge in [0.25, 0.3) is 5.91 Å². The van der Waals surface area contributed by atoms with Crippen molar-refractivity contribution in [3.05, 3.63) is 51.5 Å². The minimum absolute atomic E-state index is 0.146. The molecular weight excluding hydrogens is 440 g/mol. The number of carbonyl (C=O) groups excluding carboxylic acids is 1. The molecule has 8 heteroatoms. The van der Waals surface area contributed by atoms with Crippen molar-refractivity contribution in [2.24, 2.45) is 0 Å². The summed E-state index contributed by atoms with van der Waals surface area (Å²) >= 11 is 3.33. The Labute approximate surface area is 177 Å². The Morgan fingerprint density at radius 1 is 1.24 bits per heavy atom.